The highest BCUT2D eigenvalue weighted by molar-refractivity contribution is 5.85. The van der Waals surface area contributed by atoms with Crippen molar-refractivity contribution in [2.75, 3.05) is 18.0 Å². The van der Waals surface area contributed by atoms with Gasteiger partial charge in [-0.2, -0.15) is 0 Å². The predicted molar refractivity (Wildman–Crippen MR) is 58.4 cm³/mol. The Morgan fingerprint density at radius 1 is 1.44 bits per heavy atom. The lowest BCUT2D eigenvalue weighted by Crippen LogP contribution is -2.40. The van der Waals surface area contributed by atoms with Gasteiger partial charge in [0.25, 0.3) is 0 Å². The molecule has 1 aromatic heterocycles. The average Bonchev–Trinajstić information content (AvgIpc) is 2.30. The van der Waals surface area contributed by atoms with Gasteiger partial charge in [0.05, 0.1) is 12.4 Å². The Morgan fingerprint density at radius 3 is 2.75 bits per heavy atom. The molecule has 1 aliphatic rings. The summed E-state index contributed by atoms with van der Waals surface area (Å²) in [5, 5.41) is 8.81. The third kappa shape index (κ3) is 2.27. The molecular formula is C10H14N4O2. The number of anilines is 1. The molecule has 16 heavy (non-hydrogen) atoms. The number of piperidine rings is 1. The summed E-state index contributed by atoms with van der Waals surface area (Å²) in [6, 6.07) is 0.242. The fourth-order valence-corrected chi connectivity index (χ4v) is 1.74. The molecule has 0 aliphatic carbocycles. The molecule has 0 radical (unpaired) electrons. The van der Waals surface area contributed by atoms with Crippen LogP contribution in [0.3, 0.4) is 0 Å². The number of nitrogens with zero attached hydrogens (tertiary/aromatic N) is 3. The normalized spacial score (nSPS) is 17.4. The Kier molecular flexibility index (Phi) is 3.00. The van der Waals surface area contributed by atoms with E-state index in [0.717, 1.165) is 25.9 Å². The summed E-state index contributed by atoms with van der Waals surface area (Å²) in [5.74, 6) is -0.435. The maximum absolute atomic E-state index is 10.7. The lowest BCUT2D eigenvalue weighted by Gasteiger charge is -2.30. The molecule has 1 aromatic rings. The van der Waals surface area contributed by atoms with Crippen molar-refractivity contribution in [3.8, 4) is 0 Å². The quantitative estimate of drug-likeness (QED) is 0.737. The first-order chi connectivity index (χ1) is 7.66. The third-order valence-electron chi connectivity index (χ3n) is 2.70. The minimum atomic E-state index is -1.05. The molecule has 2 heterocycles. The van der Waals surface area contributed by atoms with Crippen molar-refractivity contribution in [3.63, 3.8) is 0 Å². The van der Waals surface area contributed by atoms with Gasteiger partial charge < -0.3 is 15.7 Å². The fourth-order valence-electron chi connectivity index (χ4n) is 1.74. The molecule has 1 saturated heterocycles. The second-order valence-corrected chi connectivity index (χ2v) is 3.89. The number of nitrogens with two attached hydrogens (primary N) is 1. The molecule has 0 unspecified atom stereocenters. The molecular weight excluding hydrogens is 208 g/mol. The van der Waals surface area contributed by atoms with Crippen LogP contribution in [0.5, 0.6) is 0 Å². The summed E-state index contributed by atoms with van der Waals surface area (Å²) in [7, 11) is 0. The first kappa shape index (κ1) is 10.8. The number of hydrogen-bond acceptors (Lipinski definition) is 5. The van der Waals surface area contributed by atoms with E-state index in [0.29, 0.717) is 5.82 Å². The van der Waals surface area contributed by atoms with E-state index in [1.54, 1.807) is 6.20 Å². The zero-order valence-electron chi connectivity index (χ0n) is 8.83. The van der Waals surface area contributed by atoms with E-state index in [4.69, 9.17) is 10.8 Å². The van der Waals surface area contributed by atoms with Crippen LogP contribution in [0.1, 0.15) is 23.3 Å². The van der Waals surface area contributed by atoms with Crippen molar-refractivity contribution in [3.05, 3.63) is 18.1 Å². The smallest absolute Gasteiger partial charge is 0.356 e. The van der Waals surface area contributed by atoms with Crippen LogP contribution in [0.25, 0.3) is 0 Å². The standard InChI is InChI=1S/C10H14N4O2/c11-7-1-3-14(4-2-7)9-6-12-5-8(13-9)10(15)16/h5-7H,1-4,11H2,(H,15,16). The van der Waals surface area contributed by atoms with Crippen LogP contribution in [0.15, 0.2) is 12.4 Å². The molecule has 2 rings (SSSR count). The molecule has 0 saturated carbocycles. The number of aromatic carboxylic acids is 1. The maximum Gasteiger partial charge on any atom is 0.356 e. The van der Waals surface area contributed by atoms with Gasteiger partial charge >= 0.3 is 5.97 Å². The van der Waals surface area contributed by atoms with Crippen LogP contribution in [0, 0.1) is 0 Å². The zero-order chi connectivity index (χ0) is 11.5. The van der Waals surface area contributed by atoms with E-state index in [-0.39, 0.29) is 11.7 Å². The lowest BCUT2D eigenvalue weighted by atomic mass is 10.1. The van der Waals surface area contributed by atoms with Crippen molar-refractivity contribution in [2.24, 2.45) is 5.73 Å². The number of carboxylic acids is 1. The molecule has 0 bridgehead atoms. The van der Waals surface area contributed by atoms with E-state index in [9.17, 15) is 4.79 Å². The van der Waals surface area contributed by atoms with Crippen LogP contribution < -0.4 is 10.6 Å². The highest BCUT2D eigenvalue weighted by Gasteiger charge is 2.18. The summed E-state index contributed by atoms with van der Waals surface area (Å²) in [4.78, 5) is 20.7. The van der Waals surface area contributed by atoms with Crippen molar-refractivity contribution in [2.45, 2.75) is 18.9 Å². The Hall–Kier alpha value is -1.69. The minimum Gasteiger partial charge on any atom is -0.476 e. The van der Waals surface area contributed by atoms with Gasteiger partial charge in [-0.15, -0.1) is 0 Å². The van der Waals surface area contributed by atoms with Gasteiger partial charge in [-0.1, -0.05) is 0 Å². The van der Waals surface area contributed by atoms with E-state index in [2.05, 4.69) is 9.97 Å². The molecule has 6 heteroatoms. The average molecular weight is 222 g/mol. The van der Waals surface area contributed by atoms with Crippen LogP contribution in [0.4, 0.5) is 5.82 Å². The molecule has 1 aliphatic heterocycles. The molecule has 1 fully saturated rings. The van der Waals surface area contributed by atoms with E-state index in [1.165, 1.54) is 6.20 Å². The van der Waals surface area contributed by atoms with Crippen LogP contribution in [-0.2, 0) is 0 Å². The highest BCUT2D eigenvalue weighted by atomic mass is 16.4. The molecule has 6 nitrogen and oxygen atoms in total. The summed E-state index contributed by atoms with van der Waals surface area (Å²) in [6.07, 6.45) is 4.64. The maximum atomic E-state index is 10.7. The Bertz CT molecular complexity index is 388. The minimum absolute atomic E-state index is 0.0210. The largest absolute Gasteiger partial charge is 0.476 e. The van der Waals surface area contributed by atoms with E-state index >= 15 is 0 Å². The molecule has 3 N–H and O–H groups in total. The summed E-state index contributed by atoms with van der Waals surface area (Å²) >= 11 is 0. The van der Waals surface area contributed by atoms with Gasteiger partial charge in [-0.05, 0) is 12.8 Å². The second-order valence-electron chi connectivity index (χ2n) is 3.89. The molecule has 86 valence electrons. The van der Waals surface area contributed by atoms with Gasteiger partial charge in [0, 0.05) is 19.1 Å². The first-order valence-electron chi connectivity index (χ1n) is 5.22. The predicted octanol–water partition coefficient (Wildman–Crippen LogP) is 0.102. The van der Waals surface area contributed by atoms with Crippen molar-refractivity contribution >= 4 is 11.8 Å². The van der Waals surface area contributed by atoms with E-state index in [1.807, 2.05) is 4.90 Å². The Labute approximate surface area is 93.1 Å². The molecule has 0 amide bonds. The lowest BCUT2D eigenvalue weighted by molar-refractivity contribution is 0.0690. The van der Waals surface area contributed by atoms with Crippen LogP contribution >= 0.6 is 0 Å². The Balaban J connectivity index is 2.14. The molecule has 0 spiro atoms. The molecule has 0 aromatic carbocycles. The summed E-state index contributed by atoms with van der Waals surface area (Å²) in [6.45, 7) is 1.61. The van der Waals surface area contributed by atoms with Crippen molar-refractivity contribution in [1.82, 2.24) is 9.97 Å². The highest BCUT2D eigenvalue weighted by Crippen LogP contribution is 2.16. The molecule has 0 atom stereocenters. The monoisotopic (exact) mass is 222 g/mol. The summed E-state index contributed by atoms with van der Waals surface area (Å²) in [5.41, 5.74) is 5.78. The second kappa shape index (κ2) is 4.44. The van der Waals surface area contributed by atoms with Gasteiger partial charge in [0.15, 0.2) is 5.69 Å². The number of carboxylic acid groups (broad SMARTS) is 1. The first-order valence-corrected chi connectivity index (χ1v) is 5.22. The summed E-state index contributed by atoms with van der Waals surface area (Å²) < 4.78 is 0. The Morgan fingerprint density at radius 2 is 2.12 bits per heavy atom. The van der Waals surface area contributed by atoms with Crippen molar-refractivity contribution in [1.29, 1.82) is 0 Å². The van der Waals surface area contributed by atoms with Crippen molar-refractivity contribution < 1.29 is 9.90 Å². The number of hydrogen-bond donors (Lipinski definition) is 2. The van der Waals surface area contributed by atoms with E-state index < -0.39 is 5.97 Å². The number of aromatic nitrogens is 2. The van der Waals surface area contributed by atoms with Crippen LogP contribution in [-0.4, -0.2) is 40.2 Å². The van der Waals surface area contributed by atoms with Gasteiger partial charge in [0.1, 0.15) is 5.82 Å². The van der Waals surface area contributed by atoms with Gasteiger partial charge in [-0.25, -0.2) is 9.78 Å². The zero-order valence-corrected chi connectivity index (χ0v) is 8.83. The topological polar surface area (TPSA) is 92.3 Å². The van der Waals surface area contributed by atoms with Gasteiger partial charge in [0.2, 0.25) is 0 Å². The SMILES string of the molecule is NC1CCN(c2cncc(C(=O)O)n2)CC1. The van der Waals surface area contributed by atoms with Gasteiger partial charge in [-0.3, -0.25) is 4.98 Å². The van der Waals surface area contributed by atoms with Crippen LogP contribution in [0.2, 0.25) is 0 Å². The third-order valence-corrected chi connectivity index (χ3v) is 2.70. The number of rotatable bonds is 2. The fraction of sp³-hybridized carbons (Fsp3) is 0.500. The number of carbonyl (C=O) groups is 1.